The van der Waals surface area contributed by atoms with Gasteiger partial charge in [0.05, 0.1) is 0 Å². The summed E-state index contributed by atoms with van der Waals surface area (Å²) in [6.45, 7) is 5.90. The zero-order valence-electron chi connectivity index (χ0n) is 15.1. The van der Waals surface area contributed by atoms with Crippen LogP contribution < -0.4 is 0 Å². The molecule has 0 aliphatic heterocycles. The molecule has 3 heteroatoms. The molecule has 22 heavy (non-hydrogen) atoms. The van der Waals surface area contributed by atoms with Crippen molar-refractivity contribution in [3.63, 3.8) is 0 Å². The molecule has 3 nitrogen and oxygen atoms in total. The van der Waals surface area contributed by atoms with E-state index < -0.39 is 0 Å². The van der Waals surface area contributed by atoms with Crippen LogP contribution >= 0.6 is 0 Å². The Labute approximate surface area is 137 Å². The summed E-state index contributed by atoms with van der Waals surface area (Å²) in [5.74, 6) is 0. The summed E-state index contributed by atoms with van der Waals surface area (Å²) in [6, 6.07) is 10.9. The normalized spacial score (nSPS) is 11.8. The average Bonchev–Trinajstić information content (AvgIpc) is 2.48. The lowest BCUT2D eigenvalue weighted by molar-refractivity contribution is 0.244. The van der Waals surface area contributed by atoms with Gasteiger partial charge in [0.25, 0.3) is 0 Å². The number of rotatable bonds is 12. The van der Waals surface area contributed by atoms with Gasteiger partial charge >= 0.3 is 0 Å². The maximum atomic E-state index is 2.63. The molecule has 0 bridgehead atoms. The molecule has 0 fully saturated rings. The van der Waals surface area contributed by atoms with Gasteiger partial charge in [0.15, 0.2) is 0 Å². The molecule has 0 saturated carbocycles. The molecule has 0 unspecified atom stereocenters. The van der Waals surface area contributed by atoms with Gasteiger partial charge in [-0.05, 0) is 85.6 Å². The molecule has 0 aliphatic carbocycles. The number of hydrogen-bond acceptors (Lipinski definition) is 3. The number of unbranched alkanes of at least 4 members (excludes halogenated alkanes) is 2. The summed E-state index contributed by atoms with van der Waals surface area (Å²) in [5, 5.41) is 0. The highest BCUT2D eigenvalue weighted by molar-refractivity contribution is 5.14. The monoisotopic (exact) mass is 305 g/mol. The predicted octanol–water partition coefficient (Wildman–Crippen LogP) is 3.17. The Morgan fingerprint density at radius 2 is 1.09 bits per heavy atom. The van der Waals surface area contributed by atoms with Crippen LogP contribution in [0, 0.1) is 0 Å². The van der Waals surface area contributed by atoms with E-state index in [9.17, 15) is 0 Å². The highest BCUT2D eigenvalue weighted by Crippen LogP contribution is 2.08. The van der Waals surface area contributed by atoms with Crippen LogP contribution in [0.25, 0.3) is 0 Å². The van der Waals surface area contributed by atoms with Crippen molar-refractivity contribution in [1.82, 2.24) is 14.7 Å². The van der Waals surface area contributed by atoms with Crippen LogP contribution in [0.15, 0.2) is 30.3 Å². The fraction of sp³-hybridized carbons (Fsp3) is 0.684. The lowest BCUT2D eigenvalue weighted by Crippen LogP contribution is -2.27. The first-order chi connectivity index (χ1) is 10.6. The van der Waals surface area contributed by atoms with Gasteiger partial charge in [0.1, 0.15) is 0 Å². The van der Waals surface area contributed by atoms with Gasteiger partial charge in [-0.15, -0.1) is 0 Å². The van der Waals surface area contributed by atoms with Gasteiger partial charge in [-0.25, -0.2) is 0 Å². The van der Waals surface area contributed by atoms with E-state index in [1.165, 1.54) is 57.4 Å². The van der Waals surface area contributed by atoms with Crippen molar-refractivity contribution in [3.8, 4) is 0 Å². The number of nitrogens with zero attached hydrogens (tertiary/aromatic N) is 3. The van der Waals surface area contributed by atoms with E-state index in [0.717, 1.165) is 6.54 Å². The number of benzene rings is 1. The van der Waals surface area contributed by atoms with Crippen LogP contribution in [-0.4, -0.2) is 69.1 Å². The molecular weight excluding hydrogens is 270 g/mol. The molecule has 1 aromatic carbocycles. The molecule has 1 aromatic rings. The van der Waals surface area contributed by atoms with Crippen molar-refractivity contribution in [2.45, 2.75) is 32.2 Å². The Kier molecular flexibility index (Phi) is 10.1. The van der Waals surface area contributed by atoms with E-state index in [2.05, 4.69) is 73.2 Å². The van der Waals surface area contributed by atoms with E-state index in [-0.39, 0.29) is 0 Å². The Morgan fingerprint density at radius 1 is 0.636 bits per heavy atom. The molecule has 0 saturated heterocycles. The van der Waals surface area contributed by atoms with Crippen molar-refractivity contribution in [2.24, 2.45) is 0 Å². The van der Waals surface area contributed by atoms with Crippen molar-refractivity contribution in [2.75, 3.05) is 54.4 Å². The minimum atomic E-state index is 1.09. The summed E-state index contributed by atoms with van der Waals surface area (Å²) < 4.78 is 0. The van der Waals surface area contributed by atoms with Crippen molar-refractivity contribution >= 4 is 0 Å². The van der Waals surface area contributed by atoms with Crippen LogP contribution in [0.5, 0.6) is 0 Å². The van der Waals surface area contributed by atoms with Gasteiger partial charge in [0, 0.05) is 6.54 Å². The Bertz CT molecular complexity index is 346. The quantitative estimate of drug-likeness (QED) is 0.549. The zero-order valence-corrected chi connectivity index (χ0v) is 15.1. The summed E-state index contributed by atoms with van der Waals surface area (Å²) >= 11 is 0. The molecule has 0 aliphatic rings. The molecule has 0 heterocycles. The van der Waals surface area contributed by atoms with Crippen molar-refractivity contribution < 1.29 is 0 Å². The molecule has 0 radical (unpaired) electrons. The first-order valence-electron chi connectivity index (χ1n) is 8.63. The van der Waals surface area contributed by atoms with Gasteiger partial charge in [-0.2, -0.15) is 0 Å². The van der Waals surface area contributed by atoms with Crippen molar-refractivity contribution in [1.29, 1.82) is 0 Å². The fourth-order valence-corrected chi connectivity index (χ4v) is 2.64. The van der Waals surface area contributed by atoms with Gasteiger partial charge in [-0.3, -0.25) is 4.90 Å². The van der Waals surface area contributed by atoms with E-state index >= 15 is 0 Å². The van der Waals surface area contributed by atoms with Gasteiger partial charge in [-0.1, -0.05) is 30.3 Å². The SMILES string of the molecule is CN(C)CCCCN(CCCCN(C)C)Cc1ccccc1. The summed E-state index contributed by atoms with van der Waals surface area (Å²) in [6.07, 6.45) is 5.16. The standard InChI is InChI=1S/C19H35N3/c1-20(2)14-8-10-16-22(17-11-9-15-21(3)4)18-19-12-6-5-7-13-19/h5-7,12-13H,8-11,14-18H2,1-4H3. The minimum Gasteiger partial charge on any atom is -0.309 e. The highest BCUT2D eigenvalue weighted by atomic mass is 15.1. The molecule has 0 spiro atoms. The summed E-state index contributed by atoms with van der Waals surface area (Å²) in [7, 11) is 8.62. The summed E-state index contributed by atoms with van der Waals surface area (Å²) in [5.41, 5.74) is 1.43. The molecule has 0 N–H and O–H groups in total. The predicted molar refractivity (Wildman–Crippen MR) is 97.3 cm³/mol. The fourth-order valence-electron chi connectivity index (χ4n) is 2.64. The molecule has 126 valence electrons. The van der Waals surface area contributed by atoms with E-state index in [4.69, 9.17) is 0 Å². The maximum absolute atomic E-state index is 2.63. The molecule has 1 rings (SSSR count). The zero-order chi connectivity index (χ0) is 16.2. The first-order valence-corrected chi connectivity index (χ1v) is 8.63. The second kappa shape index (κ2) is 11.6. The van der Waals surface area contributed by atoms with E-state index in [1.54, 1.807) is 0 Å². The Hall–Kier alpha value is -0.900. The third-order valence-corrected chi connectivity index (χ3v) is 3.91. The maximum Gasteiger partial charge on any atom is 0.0233 e. The van der Waals surface area contributed by atoms with Crippen LogP contribution in [-0.2, 0) is 6.54 Å². The minimum absolute atomic E-state index is 1.09. The Balaban J connectivity index is 2.35. The molecule has 0 amide bonds. The van der Waals surface area contributed by atoms with Gasteiger partial charge < -0.3 is 9.80 Å². The van der Waals surface area contributed by atoms with Gasteiger partial charge in [0.2, 0.25) is 0 Å². The van der Waals surface area contributed by atoms with E-state index in [0.29, 0.717) is 0 Å². The largest absolute Gasteiger partial charge is 0.309 e. The van der Waals surface area contributed by atoms with Crippen LogP contribution in [0.2, 0.25) is 0 Å². The second-order valence-electron chi connectivity index (χ2n) is 6.78. The average molecular weight is 306 g/mol. The second-order valence-corrected chi connectivity index (χ2v) is 6.78. The highest BCUT2D eigenvalue weighted by Gasteiger charge is 2.06. The topological polar surface area (TPSA) is 9.72 Å². The van der Waals surface area contributed by atoms with E-state index in [1.807, 2.05) is 0 Å². The first kappa shape index (κ1) is 19.1. The number of hydrogen-bond donors (Lipinski definition) is 0. The lowest BCUT2D eigenvalue weighted by Gasteiger charge is -2.23. The van der Waals surface area contributed by atoms with Crippen LogP contribution in [0.4, 0.5) is 0 Å². The third-order valence-electron chi connectivity index (χ3n) is 3.91. The lowest BCUT2D eigenvalue weighted by atomic mass is 10.2. The van der Waals surface area contributed by atoms with Crippen LogP contribution in [0.1, 0.15) is 31.2 Å². The van der Waals surface area contributed by atoms with Crippen molar-refractivity contribution in [3.05, 3.63) is 35.9 Å². The smallest absolute Gasteiger partial charge is 0.0233 e. The third kappa shape index (κ3) is 9.93. The summed E-state index contributed by atoms with van der Waals surface area (Å²) in [4.78, 5) is 7.18. The van der Waals surface area contributed by atoms with Crippen LogP contribution in [0.3, 0.4) is 0 Å². The Morgan fingerprint density at radius 3 is 1.55 bits per heavy atom. The molecular formula is C19H35N3. The molecule has 0 aromatic heterocycles. The molecule has 0 atom stereocenters.